The number of aryl methyl sites for hydroxylation is 1. The van der Waals surface area contributed by atoms with Crippen molar-refractivity contribution in [3.63, 3.8) is 0 Å². The fraction of sp³-hybridized carbons (Fsp3) is 0.136. The first kappa shape index (κ1) is 18.9. The van der Waals surface area contributed by atoms with Gasteiger partial charge in [0.15, 0.2) is 0 Å². The Morgan fingerprint density at radius 2 is 1.83 bits per heavy atom. The van der Waals surface area contributed by atoms with Crippen molar-refractivity contribution >= 4 is 23.0 Å². The molecule has 3 aromatic heterocycles. The van der Waals surface area contributed by atoms with Gasteiger partial charge < -0.3 is 14.8 Å². The van der Waals surface area contributed by atoms with E-state index in [0.29, 0.717) is 0 Å². The van der Waals surface area contributed by atoms with Gasteiger partial charge in [-0.25, -0.2) is 15.0 Å². The fourth-order valence-corrected chi connectivity index (χ4v) is 3.79. The summed E-state index contributed by atoms with van der Waals surface area (Å²) in [4.78, 5) is 14.6. The Kier molecular flexibility index (Phi) is 5.39. The van der Waals surface area contributed by atoms with Gasteiger partial charge in [0.1, 0.15) is 28.1 Å². The Bertz CT molecular complexity index is 1140. The Morgan fingerprint density at radius 3 is 2.62 bits per heavy atom. The highest BCUT2D eigenvalue weighted by molar-refractivity contribution is 7.18. The van der Waals surface area contributed by atoms with Crippen LogP contribution in [0.2, 0.25) is 0 Å². The number of hydrogen-bond donors (Lipinski definition) is 1. The lowest BCUT2D eigenvalue weighted by atomic mass is 10.2. The van der Waals surface area contributed by atoms with Crippen LogP contribution in [0, 0.1) is 6.92 Å². The second-order valence-electron chi connectivity index (χ2n) is 6.35. The average Bonchev–Trinajstić information content (AvgIpc) is 3.23. The topological polar surface area (TPSA) is 69.2 Å². The molecule has 0 aliphatic rings. The van der Waals surface area contributed by atoms with E-state index in [9.17, 15) is 0 Å². The molecule has 0 spiro atoms. The number of pyridine rings is 2. The molecule has 4 aromatic rings. The van der Waals surface area contributed by atoms with E-state index in [2.05, 4.69) is 15.3 Å². The summed E-state index contributed by atoms with van der Waals surface area (Å²) in [6, 6.07) is 15.5. The molecule has 3 heterocycles. The minimum absolute atomic E-state index is 0.721. The van der Waals surface area contributed by atoms with Crippen molar-refractivity contribution in [1.29, 1.82) is 0 Å². The predicted octanol–water partition coefficient (Wildman–Crippen LogP) is 5.34. The zero-order valence-corrected chi connectivity index (χ0v) is 17.2. The summed E-state index contributed by atoms with van der Waals surface area (Å²) < 4.78 is 10.8. The van der Waals surface area contributed by atoms with Gasteiger partial charge in [0.2, 0.25) is 0 Å². The van der Waals surface area contributed by atoms with Crippen LogP contribution in [0.15, 0.2) is 60.9 Å². The van der Waals surface area contributed by atoms with Gasteiger partial charge in [-0.3, -0.25) is 0 Å². The zero-order chi connectivity index (χ0) is 20.2. The molecule has 0 fully saturated rings. The highest BCUT2D eigenvalue weighted by atomic mass is 32.1. The molecule has 1 N–H and O–H groups in total. The smallest absolute Gasteiger partial charge is 0.132 e. The number of thiazole rings is 1. The lowest BCUT2D eigenvalue weighted by Crippen LogP contribution is -1.96. The first-order valence-electron chi connectivity index (χ1n) is 9.01. The summed E-state index contributed by atoms with van der Waals surface area (Å²) in [5, 5.41) is 4.11. The van der Waals surface area contributed by atoms with Crippen LogP contribution in [-0.4, -0.2) is 29.2 Å². The molecule has 0 saturated heterocycles. The van der Waals surface area contributed by atoms with Crippen molar-refractivity contribution < 1.29 is 9.47 Å². The molecule has 7 heteroatoms. The van der Waals surface area contributed by atoms with Crippen LogP contribution in [0.25, 0.3) is 21.1 Å². The molecule has 0 amide bonds. The summed E-state index contributed by atoms with van der Waals surface area (Å²) in [5.41, 5.74) is 2.90. The molecule has 0 bridgehead atoms. The van der Waals surface area contributed by atoms with E-state index in [1.165, 1.54) is 0 Å². The molecule has 0 aliphatic heterocycles. The summed E-state index contributed by atoms with van der Waals surface area (Å²) in [6.45, 7) is 2.03. The number of benzene rings is 1. The minimum Gasteiger partial charge on any atom is -0.497 e. The average molecular weight is 404 g/mol. The number of anilines is 2. The number of nitrogens with zero attached hydrogens (tertiary/aromatic N) is 3. The van der Waals surface area contributed by atoms with Crippen LogP contribution in [-0.2, 0) is 0 Å². The van der Waals surface area contributed by atoms with Crippen molar-refractivity contribution in [3.8, 4) is 32.6 Å². The second kappa shape index (κ2) is 8.28. The van der Waals surface area contributed by atoms with Gasteiger partial charge >= 0.3 is 0 Å². The van der Waals surface area contributed by atoms with Gasteiger partial charge in [0.25, 0.3) is 0 Å². The third kappa shape index (κ3) is 4.20. The fourth-order valence-electron chi connectivity index (χ4n) is 2.87. The quantitative estimate of drug-likeness (QED) is 0.468. The SMILES string of the molecule is COc1ccc(-c2ncc(-c3cccc(Nc4cc(C)ccn4)n3)s2)c(OC)c1. The van der Waals surface area contributed by atoms with Crippen LogP contribution in [0.4, 0.5) is 11.6 Å². The zero-order valence-electron chi connectivity index (χ0n) is 16.3. The summed E-state index contributed by atoms with van der Waals surface area (Å²) in [6.07, 6.45) is 3.61. The summed E-state index contributed by atoms with van der Waals surface area (Å²) in [7, 11) is 3.28. The number of aromatic nitrogens is 3. The standard InChI is InChI=1S/C22H20N4O2S/c1-14-9-10-23-21(11-14)26-20-6-4-5-17(25-20)19-13-24-22(29-19)16-8-7-15(27-2)12-18(16)28-3/h4-13H,1-3H3,(H,23,25,26). The molecule has 4 rings (SSSR count). The van der Waals surface area contributed by atoms with E-state index < -0.39 is 0 Å². The van der Waals surface area contributed by atoms with Crippen molar-refractivity contribution in [2.24, 2.45) is 0 Å². The highest BCUT2D eigenvalue weighted by Crippen LogP contribution is 2.38. The van der Waals surface area contributed by atoms with Gasteiger partial charge in [-0.2, -0.15) is 0 Å². The van der Waals surface area contributed by atoms with Crippen LogP contribution < -0.4 is 14.8 Å². The van der Waals surface area contributed by atoms with Crippen molar-refractivity contribution in [2.75, 3.05) is 19.5 Å². The summed E-state index contributed by atoms with van der Waals surface area (Å²) in [5.74, 6) is 2.96. The predicted molar refractivity (Wildman–Crippen MR) is 116 cm³/mol. The van der Waals surface area contributed by atoms with E-state index >= 15 is 0 Å². The first-order valence-corrected chi connectivity index (χ1v) is 9.83. The lowest BCUT2D eigenvalue weighted by molar-refractivity contribution is 0.395. The molecule has 0 saturated carbocycles. The normalized spacial score (nSPS) is 10.6. The Balaban J connectivity index is 1.62. The number of ether oxygens (including phenoxy) is 2. The Labute approximate surface area is 173 Å². The number of hydrogen-bond acceptors (Lipinski definition) is 7. The van der Waals surface area contributed by atoms with E-state index in [4.69, 9.17) is 14.5 Å². The van der Waals surface area contributed by atoms with E-state index in [-0.39, 0.29) is 0 Å². The van der Waals surface area contributed by atoms with Gasteiger partial charge in [0.05, 0.1) is 30.4 Å². The Hall–Kier alpha value is -3.45. The maximum atomic E-state index is 5.51. The van der Waals surface area contributed by atoms with Crippen LogP contribution >= 0.6 is 11.3 Å². The monoisotopic (exact) mass is 404 g/mol. The second-order valence-corrected chi connectivity index (χ2v) is 7.38. The highest BCUT2D eigenvalue weighted by Gasteiger charge is 2.13. The molecule has 146 valence electrons. The van der Waals surface area contributed by atoms with Gasteiger partial charge in [-0.15, -0.1) is 11.3 Å². The van der Waals surface area contributed by atoms with Crippen LogP contribution in [0.1, 0.15) is 5.56 Å². The van der Waals surface area contributed by atoms with E-state index in [1.54, 1.807) is 31.8 Å². The van der Waals surface area contributed by atoms with Gasteiger partial charge in [0, 0.05) is 18.5 Å². The van der Waals surface area contributed by atoms with Crippen molar-refractivity contribution in [3.05, 3.63) is 66.5 Å². The molecule has 6 nitrogen and oxygen atoms in total. The van der Waals surface area contributed by atoms with Crippen molar-refractivity contribution in [1.82, 2.24) is 15.0 Å². The van der Waals surface area contributed by atoms with E-state index in [0.717, 1.165) is 49.8 Å². The number of methoxy groups -OCH3 is 2. The molecule has 0 unspecified atom stereocenters. The largest absolute Gasteiger partial charge is 0.497 e. The van der Waals surface area contributed by atoms with Gasteiger partial charge in [-0.05, 0) is 48.9 Å². The molecule has 0 radical (unpaired) electrons. The molecular formula is C22H20N4O2S. The minimum atomic E-state index is 0.721. The van der Waals surface area contributed by atoms with Gasteiger partial charge in [-0.1, -0.05) is 6.07 Å². The molecule has 1 aromatic carbocycles. The summed E-state index contributed by atoms with van der Waals surface area (Å²) >= 11 is 1.56. The number of rotatable bonds is 6. The third-order valence-electron chi connectivity index (χ3n) is 4.32. The van der Waals surface area contributed by atoms with E-state index in [1.807, 2.05) is 61.7 Å². The molecule has 0 atom stereocenters. The van der Waals surface area contributed by atoms with Crippen molar-refractivity contribution in [2.45, 2.75) is 6.92 Å². The molecule has 29 heavy (non-hydrogen) atoms. The lowest BCUT2D eigenvalue weighted by Gasteiger charge is -2.08. The Morgan fingerprint density at radius 1 is 0.931 bits per heavy atom. The molecular weight excluding hydrogens is 384 g/mol. The van der Waals surface area contributed by atoms with Crippen LogP contribution in [0.5, 0.6) is 11.5 Å². The number of nitrogens with one attached hydrogen (secondary N) is 1. The first-order chi connectivity index (χ1) is 14.2. The maximum Gasteiger partial charge on any atom is 0.132 e. The maximum absolute atomic E-state index is 5.51. The molecule has 0 aliphatic carbocycles. The third-order valence-corrected chi connectivity index (χ3v) is 5.37. The van der Waals surface area contributed by atoms with Crippen LogP contribution in [0.3, 0.4) is 0 Å².